The topological polar surface area (TPSA) is 30.5 Å². The van der Waals surface area contributed by atoms with Crippen LogP contribution < -0.4 is 10.1 Å². The molecule has 1 aromatic carbocycles. The van der Waals surface area contributed by atoms with Gasteiger partial charge in [0, 0.05) is 24.3 Å². The zero-order chi connectivity index (χ0) is 15.0. The highest BCUT2D eigenvalue weighted by Crippen LogP contribution is 2.26. The molecule has 0 amide bonds. The van der Waals surface area contributed by atoms with Gasteiger partial charge in [-0.1, -0.05) is 26.8 Å². The summed E-state index contributed by atoms with van der Waals surface area (Å²) in [5.41, 5.74) is 0.970. The first-order valence-electron chi connectivity index (χ1n) is 7.28. The first kappa shape index (κ1) is 16.9. The molecular formula is C16H26FNO2. The van der Waals surface area contributed by atoms with Crippen LogP contribution in [0.5, 0.6) is 5.75 Å². The largest absolute Gasteiger partial charge is 0.491 e. The number of rotatable bonds is 9. The molecule has 0 spiro atoms. The van der Waals surface area contributed by atoms with Crippen LogP contribution in [0.1, 0.15) is 39.3 Å². The highest BCUT2D eigenvalue weighted by molar-refractivity contribution is 5.36. The van der Waals surface area contributed by atoms with Crippen molar-refractivity contribution in [1.82, 2.24) is 5.32 Å². The molecule has 1 aromatic rings. The van der Waals surface area contributed by atoms with Crippen molar-refractivity contribution in [2.75, 3.05) is 26.4 Å². The first-order valence-corrected chi connectivity index (χ1v) is 7.28. The number of benzene rings is 1. The second-order valence-electron chi connectivity index (χ2n) is 5.28. The highest BCUT2D eigenvalue weighted by atomic mass is 19.1. The van der Waals surface area contributed by atoms with E-state index in [2.05, 4.69) is 19.2 Å². The van der Waals surface area contributed by atoms with Crippen molar-refractivity contribution in [2.45, 2.75) is 33.7 Å². The van der Waals surface area contributed by atoms with Crippen molar-refractivity contribution in [3.63, 3.8) is 0 Å². The van der Waals surface area contributed by atoms with Crippen molar-refractivity contribution in [3.8, 4) is 5.75 Å². The van der Waals surface area contributed by atoms with E-state index in [1.165, 1.54) is 12.1 Å². The predicted octanol–water partition coefficient (Wildman–Crippen LogP) is 3.55. The molecule has 0 fully saturated rings. The maximum absolute atomic E-state index is 13.3. The van der Waals surface area contributed by atoms with E-state index in [0.29, 0.717) is 31.5 Å². The van der Waals surface area contributed by atoms with Gasteiger partial charge in [0.05, 0.1) is 6.61 Å². The first-order chi connectivity index (χ1) is 9.54. The van der Waals surface area contributed by atoms with E-state index in [1.54, 1.807) is 6.07 Å². The maximum atomic E-state index is 13.3. The third kappa shape index (κ3) is 5.88. The van der Waals surface area contributed by atoms with E-state index in [1.807, 2.05) is 13.8 Å². The van der Waals surface area contributed by atoms with Crippen LogP contribution in [0, 0.1) is 11.7 Å². The number of halogens is 1. The van der Waals surface area contributed by atoms with Crippen molar-refractivity contribution >= 4 is 0 Å². The third-order valence-electron chi connectivity index (χ3n) is 2.89. The van der Waals surface area contributed by atoms with Crippen LogP contribution >= 0.6 is 0 Å². The van der Waals surface area contributed by atoms with Crippen molar-refractivity contribution in [3.05, 3.63) is 29.6 Å². The van der Waals surface area contributed by atoms with E-state index in [4.69, 9.17) is 9.47 Å². The van der Waals surface area contributed by atoms with Crippen LogP contribution in [0.3, 0.4) is 0 Å². The number of ether oxygens (including phenoxy) is 2. The summed E-state index contributed by atoms with van der Waals surface area (Å²) >= 11 is 0. The minimum absolute atomic E-state index is 0.132. The van der Waals surface area contributed by atoms with Crippen LogP contribution in [0.15, 0.2) is 18.2 Å². The lowest BCUT2D eigenvalue weighted by molar-refractivity contribution is 0.0814. The Labute approximate surface area is 121 Å². The quantitative estimate of drug-likeness (QED) is 0.703. The fourth-order valence-electron chi connectivity index (χ4n) is 1.94. The van der Waals surface area contributed by atoms with E-state index in [0.717, 1.165) is 12.1 Å². The molecule has 0 saturated carbocycles. The normalized spacial score (nSPS) is 12.7. The molecule has 0 aliphatic carbocycles. The van der Waals surface area contributed by atoms with Gasteiger partial charge in [0.1, 0.15) is 18.2 Å². The van der Waals surface area contributed by atoms with E-state index in [9.17, 15) is 4.39 Å². The van der Waals surface area contributed by atoms with Crippen LogP contribution in [0.4, 0.5) is 4.39 Å². The Balaban J connectivity index is 2.56. The summed E-state index contributed by atoms with van der Waals surface area (Å²) < 4.78 is 24.5. The van der Waals surface area contributed by atoms with Gasteiger partial charge in [-0.3, -0.25) is 0 Å². The van der Waals surface area contributed by atoms with Crippen molar-refractivity contribution in [1.29, 1.82) is 0 Å². The van der Waals surface area contributed by atoms with Crippen LogP contribution in [-0.4, -0.2) is 26.4 Å². The molecular weight excluding hydrogens is 257 g/mol. The molecule has 0 aliphatic rings. The molecule has 1 N–H and O–H groups in total. The minimum Gasteiger partial charge on any atom is -0.491 e. The molecule has 0 aliphatic heterocycles. The average Bonchev–Trinajstić information content (AvgIpc) is 2.38. The summed E-state index contributed by atoms with van der Waals surface area (Å²) in [6, 6.07) is 4.80. The highest BCUT2D eigenvalue weighted by Gasteiger charge is 2.12. The molecule has 0 heterocycles. The number of hydrogen-bond donors (Lipinski definition) is 1. The van der Waals surface area contributed by atoms with E-state index in [-0.39, 0.29) is 11.9 Å². The Morgan fingerprint density at radius 3 is 2.60 bits per heavy atom. The Hall–Kier alpha value is -1.13. The van der Waals surface area contributed by atoms with Gasteiger partial charge in [0.15, 0.2) is 0 Å². The number of hydrogen-bond acceptors (Lipinski definition) is 3. The minimum atomic E-state index is -0.282. The Bertz CT molecular complexity index is 396. The summed E-state index contributed by atoms with van der Waals surface area (Å²) in [4.78, 5) is 0. The van der Waals surface area contributed by atoms with Gasteiger partial charge < -0.3 is 14.8 Å². The second kappa shape index (κ2) is 8.93. The fraction of sp³-hybridized carbons (Fsp3) is 0.625. The van der Waals surface area contributed by atoms with Gasteiger partial charge in [-0.15, -0.1) is 0 Å². The van der Waals surface area contributed by atoms with Gasteiger partial charge in [0.25, 0.3) is 0 Å². The van der Waals surface area contributed by atoms with Crippen molar-refractivity contribution in [2.24, 2.45) is 5.92 Å². The number of nitrogens with one attached hydrogen (secondary N) is 1. The Morgan fingerprint density at radius 2 is 1.95 bits per heavy atom. The molecule has 20 heavy (non-hydrogen) atoms. The standard InChI is InChI=1S/C16H26FNO2/c1-5-18-13(4)15-7-6-14(17)10-16(15)20-9-8-19-11-12(2)3/h6-7,10,12-13,18H,5,8-9,11H2,1-4H3. The molecule has 4 heteroatoms. The molecule has 3 nitrogen and oxygen atoms in total. The molecule has 1 unspecified atom stereocenters. The SMILES string of the molecule is CCNC(C)c1ccc(F)cc1OCCOCC(C)C. The molecule has 0 bridgehead atoms. The van der Waals surface area contributed by atoms with Gasteiger partial charge in [-0.25, -0.2) is 4.39 Å². The molecule has 0 saturated heterocycles. The maximum Gasteiger partial charge on any atom is 0.127 e. The average molecular weight is 283 g/mol. The Morgan fingerprint density at radius 1 is 1.20 bits per heavy atom. The van der Waals surface area contributed by atoms with Crippen LogP contribution in [0.2, 0.25) is 0 Å². The van der Waals surface area contributed by atoms with Gasteiger partial charge in [-0.2, -0.15) is 0 Å². The van der Waals surface area contributed by atoms with Gasteiger partial charge >= 0.3 is 0 Å². The molecule has 0 aromatic heterocycles. The Kier molecular flexibility index (Phi) is 7.55. The molecule has 1 rings (SSSR count). The van der Waals surface area contributed by atoms with Gasteiger partial charge in [-0.05, 0) is 25.5 Å². The summed E-state index contributed by atoms with van der Waals surface area (Å²) in [6.45, 7) is 10.8. The van der Waals surface area contributed by atoms with E-state index >= 15 is 0 Å². The van der Waals surface area contributed by atoms with Gasteiger partial charge in [0.2, 0.25) is 0 Å². The monoisotopic (exact) mass is 283 g/mol. The summed E-state index contributed by atoms with van der Waals surface area (Å²) in [5.74, 6) is 0.815. The molecule has 1 atom stereocenters. The smallest absolute Gasteiger partial charge is 0.127 e. The summed E-state index contributed by atoms with van der Waals surface area (Å²) in [6.07, 6.45) is 0. The lowest BCUT2D eigenvalue weighted by Gasteiger charge is -2.18. The molecule has 114 valence electrons. The summed E-state index contributed by atoms with van der Waals surface area (Å²) in [5, 5.41) is 3.30. The zero-order valence-electron chi connectivity index (χ0n) is 12.9. The van der Waals surface area contributed by atoms with Crippen molar-refractivity contribution < 1.29 is 13.9 Å². The fourth-order valence-corrected chi connectivity index (χ4v) is 1.94. The van der Waals surface area contributed by atoms with Crippen LogP contribution in [-0.2, 0) is 4.74 Å². The summed E-state index contributed by atoms with van der Waals surface area (Å²) in [7, 11) is 0. The van der Waals surface area contributed by atoms with Crippen LogP contribution in [0.25, 0.3) is 0 Å². The third-order valence-corrected chi connectivity index (χ3v) is 2.89. The lowest BCUT2D eigenvalue weighted by Crippen LogP contribution is -2.19. The second-order valence-corrected chi connectivity index (χ2v) is 5.28. The molecule has 0 radical (unpaired) electrons. The predicted molar refractivity (Wildman–Crippen MR) is 79.6 cm³/mol. The zero-order valence-corrected chi connectivity index (χ0v) is 12.9. The lowest BCUT2D eigenvalue weighted by atomic mass is 10.1. The van der Waals surface area contributed by atoms with E-state index < -0.39 is 0 Å².